The Balaban J connectivity index is 2.83. The van der Waals surface area contributed by atoms with Crippen molar-refractivity contribution in [2.75, 3.05) is 0 Å². The maximum Gasteiger partial charge on any atom is 0.169 e. The largest absolute Gasteiger partial charge is 0.205 e. The first-order chi connectivity index (χ1) is 5.24. The van der Waals surface area contributed by atoms with Gasteiger partial charge in [0.1, 0.15) is 6.54 Å². The third kappa shape index (κ3) is 2.04. The molecule has 0 amide bonds. The molecule has 0 saturated heterocycles. The van der Waals surface area contributed by atoms with E-state index in [9.17, 15) is 0 Å². The second-order valence-corrected chi connectivity index (χ2v) is 3.12. The Labute approximate surface area is 68.7 Å². The van der Waals surface area contributed by atoms with Crippen molar-refractivity contribution in [3.63, 3.8) is 0 Å². The van der Waals surface area contributed by atoms with E-state index in [1.807, 2.05) is 0 Å². The van der Waals surface area contributed by atoms with E-state index >= 15 is 0 Å². The van der Waals surface area contributed by atoms with Gasteiger partial charge in [-0.3, -0.25) is 0 Å². The fraction of sp³-hybridized carbons (Fsp3) is 0.500. The number of pyridine rings is 1. The van der Waals surface area contributed by atoms with E-state index in [2.05, 4.69) is 49.9 Å². The molecule has 1 heteroatoms. The quantitative estimate of drug-likeness (QED) is 0.568. The predicted molar refractivity (Wildman–Crippen MR) is 46.4 cm³/mol. The highest BCUT2D eigenvalue weighted by Crippen LogP contribution is 2.10. The number of rotatable bonds is 2. The van der Waals surface area contributed by atoms with Crippen molar-refractivity contribution in [2.45, 2.75) is 33.2 Å². The molecular weight excluding hydrogens is 134 g/mol. The van der Waals surface area contributed by atoms with Crippen LogP contribution in [0.3, 0.4) is 0 Å². The van der Waals surface area contributed by atoms with Gasteiger partial charge in [0.25, 0.3) is 0 Å². The van der Waals surface area contributed by atoms with Crippen LogP contribution in [0.15, 0.2) is 24.5 Å². The Morgan fingerprint density at radius 3 is 2.18 bits per heavy atom. The van der Waals surface area contributed by atoms with Crippen LogP contribution in [-0.4, -0.2) is 0 Å². The van der Waals surface area contributed by atoms with Gasteiger partial charge >= 0.3 is 0 Å². The zero-order valence-electron chi connectivity index (χ0n) is 7.54. The monoisotopic (exact) mass is 150 g/mol. The molecule has 0 aliphatic carbocycles. The average Bonchev–Trinajstić information content (AvgIpc) is 2.05. The third-order valence-electron chi connectivity index (χ3n) is 1.95. The van der Waals surface area contributed by atoms with E-state index < -0.39 is 0 Å². The van der Waals surface area contributed by atoms with Crippen molar-refractivity contribution in [3.8, 4) is 0 Å². The van der Waals surface area contributed by atoms with E-state index in [0.717, 1.165) is 6.54 Å². The summed E-state index contributed by atoms with van der Waals surface area (Å²) in [6.07, 6.45) is 4.27. The first-order valence-corrected chi connectivity index (χ1v) is 4.23. The molecular formula is C10H16N+. The van der Waals surface area contributed by atoms with Gasteiger partial charge in [-0.1, -0.05) is 13.8 Å². The Morgan fingerprint density at radius 2 is 1.82 bits per heavy atom. The van der Waals surface area contributed by atoms with E-state index in [0.29, 0.717) is 5.92 Å². The number of hydrogen-bond donors (Lipinski definition) is 0. The minimum Gasteiger partial charge on any atom is -0.205 e. The molecule has 1 aromatic rings. The number of hydrogen-bond acceptors (Lipinski definition) is 0. The van der Waals surface area contributed by atoms with Crippen molar-refractivity contribution < 1.29 is 4.57 Å². The van der Waals surface area contributed by atoms with E-state index in [1.54, 1.807) is 0 Å². The smallest absolute Gasteiger partial charge is 0.169 e. The van der Waals surface area contributed by atoms with Crippen molar-refractivity contribution in [1.82, 2.24) is 0 Å². The molecule has 0 bridgehead atoms. The Kier molecular flexibility index (Phi) is 2.64. The molecule has 0 spiro atoms. The SMILES string of the molecule is CC[n+]1ccc(C(C)C)cc1. The van der Waals surface area contributed by atoms with Crippen molar-refractivity contribution >= 4 is 0 Å². The summed E-state index contributed by atoms with van der Waals surface area (Å²) >= 11 is 0. The number of aryl methyl sites for hydroxylation is 1. The summed E-state index contributed by atoms with van der Waals surface area (Å²) in [4.78, 5) is 0. The molecule has 0 radical (unpaired) electrons. The summed E-state index contributed by atoms with van der Waals surface area (Å²) in [7, 11) is 0. The highest BCUT2D eigenvalue weighted by atomic mass is 14.9. The molecule has 1 heterocycles. The normalized spacial score (nSPS) is 10.5. The van der Waals surface area contributed by atoms with Gasteiger partial charge in [0.15, 0.2) is 12.4 Å². The topological polar surface area (TPSA) is 3.88 Å². The zero-order valence-corrected chi connectivity index (χ0v) is 7.54. The lowest BCUT2D eigenvalue weighted by Gasteiger charge is -2.01. The van der Waals surface area contributed by atoms with Gasteiger partial charge in [0.05, 0.1) is 0 Å². The summed E-state index contributed by atoms with van der Waals surface area (Å²) in [6.45, 7) is 7.63. The van der Waals surface area contributed by atoms with Crippen molar-refractivity contribution in [2.24, 2.45) is 0 Å². The second kappa shape index (κ2) is 3.51. The zero-order chi connectivity index (χ0) is 8.27. The van der Waals surface area contributed by atoms with Gasteiger partial charge in [-0.15, -0.1) is 0 Å². The maximum absolute atomic E-state index is 2.21. The van der Waals surface area contributed by atoms with Crippen LogP contribution in [0.25, 0.3) is 0 Å². The predicted octanol–water partition coefficient (Wildman–Crippen LogP) is 2.12. The van der Waals surface area contributed by atoms with Crippen LogP contribution >= 0.6 is 0 Å². The summed E-state index contributed by atoms with van der Waals surface area (Å²) < 4.78 is 2.17. The molecule has 0 saturated carbocycles. The molecule has 0 N–H and O–H groups in total. The fourth-order valence-corrected chi connectivity index (χ4v) is 1.06. The minimum atomic E-state index is 0.640. The molecule has 0 unspecified atom stereocenters. The van der Waals surface area contributed by atoms with Crippen LogP contribution in [0, 0.1) is 0 Å². The number of nitrogens with zero attached hydrogens (tertiary/aromatic N) is 1. The Bertz CT molecular complexity index is 211. The molecule has 0 aliphatic rings. The molecule has 0 atom stereocenters. The maximum atomic E-state index is 2.21. The summed E-state index contributed by atoms with van der Waals surface area (Å²) in [5, 5.41) is 0. The Morgan fingerprint density at radius 1 is 1.27 bits per heavy atom. The van der Waals surface area contributed by atoms with Gasteiger partial charge in [-0.05, 0) is 18.4 Å². The minimum absolute atomic E-state index is 0.640. The first kappa shape index (κ1) is 8.25. The lowest BCUT2D eigenvalue weighted by Crippen LogP contribution is -2.30. The van der Waals surface area contributed by atoms with Crippen LogP contribution in [0.4, 0.5) is 0 Å². The lowest BCUT2D eigenvalue weighted by molar-refractivity contribution is -0.693. The van der Waals surface area contributed by atoms with Crippen LogP contribution in [0.5, 0.6) is 0 Å². The lowest BCUT2D eigenvalue weighted by atomic mass is 10.1. The number of aromatic nitrogens is 1. The fourth-order valence-electron chi connectivity index (χ4n) is 1.06. The highest BCUT2D eigenvalue weighted by Gasteiger charge is 2.00. The molecule has 1 aromatic heterocycles. The summed E-state index contributed by atoms with van der Waals surface area (Å²) in [5.74, 6) is 0.640. The van der Waals surface area contributed by atoms with Gasteiger partial charge in [0.2, 0.25) is 0 Å². The second-order valence-electron chi connectivity index (χ2n) is 3.12. The van der Waals surface area contributed by atoms with Gasteiger partial charge < -0.3 is 0 Å². The molecule has 0 aliphatic heterocycles. The van der Waals surface area contributed by atoms with Crippen molar-refractivity contribution in [3.05, 3.63) is 30.1 Å². The van der Waals surface area contributed by atoms with Gasteiger partial charge in [-0.25, -0.2) is 4.57 Å². The van der Waals surface area contributed by atoms with Gasteiger partial charge in [0, 0.05) is 12.1 Å². The summed E-state index contributed by atoms with van der Waals surface area (Å²) in [5.41, 5.74) is 1.41. The molecule has 11 heavy (non-hydrogen) atoms. The first-order valence-electron chi connectivity index (χ1n) is 4.23. The molecule has 1 rings (SSSR count). The molecule has 0 fully saturated rings. The average molecular weight is 150 g/mol. The third-order valence-corrected chi connectivity index (χ3v) is 1.95. The van der Waals surface area contributed by atoms with Crippen molar-refractivity contribution in [1.29, 1.82) is 0 Å². The van der Waals surface area contributed by atoms with E-state index in [4.69, 9.17) is 0 Å². The van der Waals surface area contributed by atoms with Crippen LogP contribution in [-0.2, 0) is 6.54 Å². The highest BCUT2D eigenvalue weighted by molar-refractivity contribution is 5.11. The molecule has 1 nitrogen and oxygen atoms in total. The van der Waals surface area contributed by atoms with Gasteiger partial charge in [-0.2, -0.15) is 0 Å². The molecule has 0 aromatic carbocycles. The molecule has 60 valence electrons. The van der Waals surface area contributed by atoms with Crippen LogP contribution in [0.1, 0.15) is 32.3 Å². The standard InChI is InChI=1S/C10H16N/c1-4-11-7-5-10(6-8-11)9(2)3/h5-9H,4H2,1-3H3/q+1. The Hall–Kier alpha value is -0.850. The van der Waals surface area contributed by atoms with Crippen LogP contribution in [0.2, 0.25) is 0 Å². The van der Waals surface area contributed by atoms with E-state index in [1.165, 1.54) is 5.56 Å². The van der Waals surface area contributed by atoms with Crippen LogP contribution < -0.4 is 4.57 Å². The van der Waals surface area contributed by atoms with E-state index in [-0.39, 0.29) is 0 Å². The summed E-state index contributed by atoms with van der Waals surface area (Å²) in [6, 6.07) is 4.38.